The van der Waals surface area contributed by atoms with E-state index in [0.717, 1.165) is 17.9 Å². The molecule has 1 aliphatic rings. The molecule has 2 amide bonds. The Morgan fingerprint density at radius 3 is 2.45 bits per heavy atom. The summed E-state index contributed by atoms with van der Waals surface area (Å²) >= 11 is 4.91. The first-order chi connectivity index (χ1) is 9.40. The van der Waals surface area contributed by atoms with Gasteiger partial charge in [0.25, 0.3) is 0 Å². The molecule has 116 valence electrons. The minimum Gasteiger partial charge on any atom is -0.353 e. The number of carbonyl (C=O) groups is 2. The first-order valence-corrected chi connectivity index (χ1v) is 10.1. The second-order valence-corrected chi connectivity index (χ2v) is 9.26. The first kappa shape index (κ1) is 18.0. The van der Waals surface area contributed by atoms with Crippen LogP contribution in [0.5, 0.6) is 0 Å². The van der Waals surface area contributed by atoms with E-state index in [2.05, 4.69) is 10.6 Å². The highest BCUT2D eigenvalue weighted by Crippen LogP contribution is 2.31. The van der Waals surface area contributed by atoms with E-state index in [0.29, 0.717) is 6.54 Å². The Hall–Kier alpha value is -0.0100. The Labute approximate surface area is 134 Å². The first-order valence-electron chi connectivity index (χ1n) is 6.77. The molecule has 1 rings (SSSR count). The highest BCUT2D eigenvalue weighted by molar-refractivity contribution is 8.21. The van der Waals surface area contributed by atoms with E-state index in [-0.39, 0.29) is 22.4 Å². The summed E-state index contributed by atoms with van der Waals surface area (Å²) in [4.78, 5) is 24.0. The molecule has 1 heterocycles. The van der Waals surface area contributed by atoms with Crippen molar-refractivity contribution in [3.63, 3.8) is 0 Å². The molecule has 1 aliphatic heterocycles. The molecule has 20 heavy (non-hydrogen) atoms. The summed E-state index contributed by atoms with van der Waals surface area (Å²) in [6.45, 7) is 6.32. The Balaban J connectivity index is 2.39. The quantitative estimate of drug-likeness (QED) is 0.744. The van der Waals surface area contributed by atoms with Crippen LogP contribution in [0.3, 0.4) is 0 Å². The van der Waals surface area contributed by atoms with Gasteiger partial charge in [0.05, 0.1) is 4.75 Å². The lowest BCUT2D eigenvalue weighted by atomic mass is 10.1. The van der Waals surface area contributed by atoms with Gasteiger partial charge in [-0.25, -0.2) is 0 Å². The van der Waals surface area contributed by atoms with Crippen LogP contribution in [0.25, 0.3) is 0 Å². The predicted octanol–water partition coefficient (Wildman–Crippen LogP) is 1.95. The number of rotatable bonds is 7. The van der Waals surface area contributed by atoms with Crippen LogP contribution in [0.4, 0.5) is 0 Å². The third-order valence-electron chi connectivity index (χ3n) is 3.24. The molecule has 1 unspecified atom stereocenters. The van der Waals surface area contributed by atoms with Crippen LogP contribution in [-0.4, -0.2) is 51.5 Å². The van der Waals surface area contributed by atoms with Crippen LogP contribution < -0.4 is 10.6 Å². The maximum atomic E-state index is 12.0. The van der Waals surface area contributed by atoms with Gasteiger partial charge in [-0.05, 0) is 26.5 Å². The monoisotopic (exact) mass is 336 g/mol. The zero-order chi connectivity index (χ0) is 15.2. The molecule has 0 aliphatic carbocycles. The van der Waals surface area contributed by atoms with Crippen molar-refractivity contribution in [2.75, 3.05) is 24.3 Å². The van der Waals surface area contributed by atoms with Crippen molar-refractivity contribution < 1.29 is 9.59 Å². The Morgan fingerprint density at radius 1 is 1.35 bits per heavy atom. The van der Waals surface area contributed by atoms with E-state index in [4.69, 9.17) is 0 Å². The molecule has 0 aromatic carbocycles. The number of nitrogens with one attached hydrogen (secondary N) is 2. The number of hydrogen-bond acceptors (Lipinski definition) is 5. The van der Waals surface area contributed by atoms with E-state index >= 15 is 0 Å². The summed E-state index contributed by atoms with van der Waals surface area (Å²) in [5.74, 6) is 2.18. The molecular weight excluding hydrogens is 312 g/mol. The van der Waals surface area contributed by atoms with E-state index in [9.17, 15) is 9.59 Å². The van der Waals surface area contributed by atoms with Crippen LogP contribution >= 0.6 is 35.3 Å². The molecule has 2 N–H and O–H groups in total. The smallest absolute Gasteiger partial charge is 0.243 e. The molecule has 0 aromatic rings. The van der Waals surface area contributed by atoms with Gasteiger partial charge in [-0.1, -0.05) is 6.92 Å². The fourth-order valence-electron chi connectivity index (χ4n) is 1.60. The fourth-order valence-corrected chi connectivity index (χ4v) is 4.45. The summed E-state index contributed by atoms with van der Waals surface area (Å²) in [7, 11) is 0. The number of thioether (sulfide) groups is 3. The van der Waals surface area contributed by atoms with Gasteiger partial charge in [0.1, 0.15) is 4.58 Å². The summed E-state index contributed by atoms with van der Waals surface area (Å²) < 4.78 is -0.415. The van der Waals surface area contributed by atoms with Crippen LogP contribution in [0.15, 0.2) is 0 Å². The molecule has 1 atom stereocenters. The van der Waals surface area contributed by atoms with Gasteiger partial charge in [-0.3, -0.25) is 9.59 Å². The van der Waals surface area contributed by atoms with Crippen molar-refractivity contribution in [1.82, 2.24) is 10.6 Å². The second kappa shape index (κ2) is 8.44. The molecule has 1 fully saturated rings. The van der Waals surface area contributed by atoms with E-state index in [1.807, 2.05) is 27.0 Å². The third-order valence-corrected chi connectivity index (χ3v) is 7.44. The van der Waals surface area contributed by atoms with Gasteiger partial charge >= 0.3 is 0 Å². The molecular formula is C13H24N2O2S3. The second-order valence-electron chi connectivity index (χ2n) is 5.11. The lowest BCUT2D eigenvalue weighted by Crippen LogP contribution is -2.48. The number of carbonyl (C=O) groups excluding carboxylic acids is 2. The summed E-state index contributed by atoms with van der Waals surface area (Å²) in [5, 5.41) is 5.96. The van der Waals surface area contributed by atoms with Gasteiger partial charge in [0.15, 0.2) is 0 Å². The molecule has 1 saturated heterocycles. The highest BCUT2D eigenvalue weighted by atomic mass is 32.2. The molecule has 4 nitrogen and oxygen atoms in total. The SMILES string of the molecule is CCC(CNC(=O)C(C)(C)SC)NC(=O)C1SCCS1. The Kier molecular flexibility index (Phi) is 7.61. The van der Waals surface area contributed by atoms with Gasteiger partial charge in [-0.15, -0.1) is 35.3 Å². The van der Waals surface area contributed by atoms with Crippen molar-refractivity contribution in [3.8, 4) is 0 Å². The molecule has 0 aromatic heterocycles. The molecule has 0 spiro atoms. The average Bonchev–Trinajstić information content (AvgIpc) is 2.96. The molecule has 0 saturated carbocycles. The number of hydrogen-bond donors (Lipinski definition) is 2. The van der Waals surface area contributed by atoms with Gasteiger partial charge < -0.3 is 10.6 Å². The number of amides is 2. The Bertz CT molecular complexity index is 345. The predicted molar refractivity (Wildman–Crippen MR) is 91.5 cm³/mol. The minimum absolute atomic E-state index is 0.00547. The minimum atomic E-state index is -0.431. The maximum absolute atomic E-state index is 12.0. The lowest BCUT2D eigenvalue weighted by molar-refractivity contribution is -0.123. The van der Waals surface area contributed by atoms with Crippen LogP contribution in [0.2, 0.25) is 0 Å². The zero-order valence-corrected chi connectivity index (χ0v) is 15.0. The molecule has 0 radical (unpaired) electrons. The summed E-state index contributed by atoms with van der Waals surface area (Å²) in [5.41, 5.74) is 0. The lowest BCUT2D eigenvalue weighted by Gasteiger charge is -2.24. The summed E-state index contributed by atoms with van der Waals surface area (Å²) in [6.07, 6.45) is 2.74. The van der Waals surface area contributed by atoms with Crippen LogP contribution in [-0.2, 0) is 9.59 Å². The van der Waals surface area contributed by atoms with E-state index in [1.54, 1.807) is 23.5 Å². The van der Waals surface area contributed by atoms with Crippen molar-refractivity contribution in [2.24, 2.45) is 0 Å². The standard InChI is InChI=1S/C13H24N2O2S3/c1-5-9(8-14-12(17)13(2,3)18-4)15-10(16)11-19-6-7-20-11/h9,11H,5-8H2,1-4H3,(H,14,17)(H,15,16). The maximum Gasteiger partial charge on any atom is 0.243 e. The Morgan fingerprint density at radius 2 is 1.95 bits per heavy atom. The van der Waals surface area contributed by atoms with E-state index in [1.165, 1.54) is 11.8 Å². The topological polar surface area (TPSA) is 58.2 Å². The molecule has 7 heteroatoms. The van der Waals surface area contributed by atoms with Gasteiger partial charge in [0, 0.05) is 24.1 Å². The largest absolute Gasteiger partial charge is 0.353 e. The molecule has 0 bridgehead atoms. The van der Waals surface area contributed by atoms with Crippen molar-refractivity contribution >= 4 is 47.1 Å². The zero-order valence-electron chi connectivity index (χ0n) is 12.5. The average molecular weight is 337 g/mol. The van der Waals surface area contributed by atoms with Crippen LogP contribution in [0, 0.1) is 0 Å². The van der Waals surface area contributed by atoms with Gasteiger partial charge in [0.2, 0.25) is 11.8 Å². The third kappa shape index (κ3) is 5.41. The van der Waals surface area contributed by atoms with Crippen LogP contribution in [0.1, 0.15) is 27.2 Å². The van der Waals surface area contributed by atoms with Crippen molar-refractivity contribution in [1.29, 1.82) is 0 Å². The summed E-state index contributed by atoms with van der Waals surface area (Å²) in [6, 6.07) is 0.00547. The fraction of sp³-hybridized carbons (Fsp3) is 0.846. The van der Waals surface area contributed by atoms with Gasteiger partial charge in [-0.2, -0.15) is 0 Å². The van der Waals surface area contributed by atoms with Crippen molar-refractivity contribution in [2.45, 2.75) is 42.6 Å². The highest BCUT2D eigenvalue weighted by Gasteiger charge is 2.28. The van der Waals surface area contributed by atoms with E-state index < -0.39 is 4.75 Å². The normalized spacial score (nSPS) is 17.8. The van der Waals surface area contributed by atoms with Crippen molar-refractivity contribution in [3.05, 3.63) is 0 Å².